The Kier molecular flexibility index (Phi) is 3.54. The van der Waals surface area contributed by atoms with Crippen LogP contribution in [0.1, 0.15) is 26.7 Å². The summed E-state index contributed by atoms with van der Waals surface area (Å²) in [6, 6.07) is 0. The molecule has 0 atom stereocenters. The molecule has 0 spiro atoms. The van der Waals surface area contributed by atoms with Crippen molar-refractivity contribution >= 4 is 11.9 Å². The average Bonchev–Trinajstić information content (AvgIpc) is 2.14. The fourth-order valence-electron chi connectivity index (χ4n) is 1.83. The smallest absolute Gasteiger partial charge is 0.323 e. The Balaban J connectivity index is 2.80. The monoisotopic (exact) mass is 232 g/mol. The van der Waals surface area contributed by atoms with Crippen molar-refractivity contribution in [1.82, 2.24) is 0 Å². The third-order valence-electron chi connectivity index (χ3n) is 2.50. The number of rotatable bonds is 4. The second kappa shape index (κ2) is 4.39. The molecule has 0 aromatic carbocycles. The first-order valence-electron chi connectivity index (χ1n) is 5.17. The number of hydrogen-bond donors (Lipinski definition) is 2. The summed E-state index contributed by atoms with van der Waals surface area (Å²) < 4.78 is 9.50. The molecule has 0 aromatic rings. The van der Waals surface area contributed by atoms with Gasteiger partial charge in [0.1, 0.15) is 0 Å². The van der Waals surface area contributed by atoms with Gasteiger partial charge in [0.05, 0.1) is 13.2 Å². The number of carbonyl (C=O) groups is 2. The van der Waals surface area contributed by atoms with E-state index in [1.807, 2.05) is 0 Å². The zero-order valence-electron chi connectivity index (χ0n) is 9.36. The van der Waals surface area contributed by atoms with Gasteiger partial charge in [-0.15, -0.1) is 0 Å². The molecule has 6 heteroatoms. The molecule has 1 rings (SSSR count). The molecule has 92 valence electrons. The Morgan fingerprint density at radius 1 is 1.06 bits per heavy atom. The Labute approximate surface area is 93.2 Å². The first-order chi connectivity index (χ1) is 7.38. The minimum Gasteiger partial charge on any atom is -0.465 e. The second-order valence-electron chi connectivity index (χ2n) is 3.86. The van der Waals surface area contributed by atoms with E-state index in [9.17, 15) is 19.8 Å². The van der Waals surface area contributed by atoms with Crippen LogP contribution in [0.15, 0.2) is 0 Å². The zero-order valence-corrected chi connectivity index (χ0v) is 9.36. The molecule has 6 nitrogen and oxygen atoms in total. The lowest BCUT2D eigenvalue weighted by Gasteiger charge is -2.45. The molecule has 1 fully saturated rings. The van der Waals surface area contributed by atoms with Gasteiger partial charge in [-0.25, -0.2) is 0 Å². The summed E-state index contributed by atoms with van der Waals surface area (Å²) in [5.41, 5.74) is -1.55. The molecule has 0 radical (unpaired) electrons. The van der Waals surface area contributed by atoms with E-state index in [0.29, 0.717) is 0 Å². The highest BCUT2D eigenvalue weighted by atomic mass is 16.6. The molecule has 0 aliphatic heterocycles. The Morgan fingerprint density at radius 2 is 1.44 bits per heavy atom. The van der Waals surface area contributed by atoms with Gasteiger partial charge in [0.25, 0.3) is 0 Å². The van der Waals surface area contributed by atoms with Gasteiger partial charge < -0.3 is 19.7 Å². The maximum Gasteiger partial charge on any atom is 0.323 e. The van der Waals surface area contributed by atoms with Crippen molar-refractivity contribution in [3.8, 4) is 0 Å². The normalized spacial score (nSPS) is 20.8. The van der Waals surface area contributed by atoms with Gasteiger partial charge in [-0.3, -0.25) is 9.59 Å². The first kappa shape index (κ1) is 12.9. The van der Waals surface area contributed by atoms with Crippen LogP contribution in [0.2, 0.25) is 0 Å². The van der Waals surface area contributed by atoms with Crippen molar-refractivity contribution in [3.63, 3.8) is 0 Å². The van der Waals surface area contributed by atoms with E-state index in [1.165, 1.54) is 0 Å². The van der Waals surface area contributed by atoms with E-state index in [0.717, 1.165) is 0 Å². The largest absolute Gasteiger partial charge is 0.465 e. The van der Waals surface area contributed by atoms with Gasteiger partial charge in [0.15, 0.2) is 11.2 Å². The van der Waals surface area contributed by atoms with Crippen molar-refractivity contribution in [2.75, 3.05) is 13.2 Å². The highest BCUT2D eigenvalue weighted by Gasteiger charge is 2.64. The molecule has 0 amide bonds. The number of ether oxygens (including phenoxy) is 2. The molecule has 0 heterocycles. The maximum absolute atomic E-state index is 11.6. The van der Waals surface area contributed by atoms with Gasteiger partial charge in [0, 0.05) is 12.8 Å². The van der Waals surface area contributed by atoms with Crippen molar-refractivity contribution in [2.45, 2.75) is 32.5 Å². The van der Waals surface area contributed by atoms with Crippen LogP contribution in [0.4, 0.5) is 0 Å². The van der Waals surface area contributed by atoms with E-state index in [4.69, 9.17) is 9.47 Å². The Bertz CT molecular complexity index is 268. The summed E-state index contributed by atoms with van der Waals surface area (Å²) in [5, 5.41) is 18.4. The van der Waals surface area contributed by atoms with E-state index in [-0.39, 0.29) is 26.1 Å². The maximum atomic E-state index is 11.6. The fourth-order valence-corrected chi connectivity index (χ4v) is 1.83. The third kappa shape index (κ3) is 2.17. The number of aliphatic hydroxyl groups is 2. The number of esters is 2. The summed E-state index contributed by atoms with van der Waals surface area (Å²) >= 11 is 0. The molecule has 0 aromatic heterocycles. The van der Waals surface area contributed by atoms with Crippen LogP contribution in [0.5, 0.6) is 0 Å². The molecule has 2 N–H and O–H groups in total. The van der Waals surface area contributed by atoms with E-state index in [1.54, 1.807) is 13.8 Å². The summed E-state index contributed by atoms with van der Waals surface area (Å²) in [4.78, 5) is 23.2. The Hall–Kier alpha value is -1.14. The minimum absolute atomic E-state index is 0.129. The molecule has 16 heavy (non-hydrogen) atoms. The number of hydrogen-bond acceptors (Lipinski definition) is 6. The molecular weight excluding hydrogens is 216 g/mol. The second-order valence-corrected chi connectivity index (χ2v) is 3.86. The quantitative estimate of drug-likeness (QED) is 0.388. The van der Waals surface area contributed by atoms with Crippen LogP contribution >= 0.6 is 0 Å². The van der Waals surface area contributed by atoms with E-state index in [2.05, 4.69) is 0 Å². The van der Waals surface area contributed by atoms with E-state index < -0.39 is 23.1 Å². The lowest BCUT2D eigenvalue weighted by molar-refractivity contribution is -0.269. The van der Waals surface area contributed by atoms with Gasteiger partial charge in [-0.1, -0.05) is 0 Å². The van der Waals surface area contributed by atoms with Gasteiger partial charge in [-0.05, 0) is 13.8 Å². The SMILES string of the molecule is CCOC(=O)C1(C(=O)OCC)CC(O)(O)C1. The zero-order chi connectivity index (χ0) is 12.4. The molecule has 1 aliphatic rings. The van der Waals surface area contributed by atoms with Crippen LogP contribution in [0.3, 0.4) is 0 Å². The first-order valence-corrected chi connectivity index (χ1v) is 5.17. The fraction of sp³-hybridized carbons (Fsp3) is 0.800. The molecular formula is C10H16O6. The van der Waals surface area contributed by atoms with Crippen LogP contribution in [-0.2, 0) is 19.1 Å². The summed E-state index contributed by atoms with van der Waals surface area (Å²) in [6.07, 6.45) is -0.755. The standard InChI is InChI=1S/C10H16O6/c1-3-15-7(11)9(8(12)16-4-2)5-10(13,14)6-9/h13-14H,3-6H2,1-2H3. The van der Waals surface area contributed by atoms with Crippen molar-refractivity contribution in [1.29, 1.82) is 0 Å². The highest BCUT2D eigenvalue weighted by Crippen LogP contribution is 2.48. The van der Waals surface area contributed by atoms with Crippen LogP contribution in [0, 0.1) is 5.41 Å². The third-order valence-corrected chi connectivity index (χ3v) is 2.50. The lowest BCUT2D eigenvalue weighted by atomic mass is 9.64. The summed E-state index contributed by atoms with van der Waals surface area (Å²) in [7, 11) is 0. The molecule has 0 unspecified atom stereocenters. The molecule has 1 aliphatic carbocycles. The number of carbonyl (C=O) groups excluding carboxylic acids is 2. The summed E-state index contributed by atoms with van der Waals surface area (Å²) in [5.74, 6) is -3.50. The van der Waals surface area contributed by atoms with Crippen LogP contribution < -0.4 is 0 Å². The van der Waals surface area contributed by atoms with Crippen molar-refractivity contribution < 1.29 is 29.3 Å². The predicted octanol–water partition coefficient (Wildman–Crippen LogP) is -0.426. The Morgan fingerprint density at radius 3 is 1.69 bits per heavy atom. The molecule has 0 bridgehead atoms. The van der Waals surface area contributed by atoms with Gasteiger partial charge in [-0.2, -0.15) is 0 Å². The lowest BCUT2D eigenvalue weighted by Crippen LogP contribution is -2.60. The van der Waals surface area contributed by atoms with Crippen molar-refractivity contribution in [3.05, 3.63) is 0 Å². The molecule has 1 saturated carbocycles. The van der Waals surface area contributed by atoms with Crippen molar-refractivity contribution in [2.24, 2.45) is 5.41 Å². The minimum atomic E-state index is -1.99. The van der Waals surface area contributed by atoms with E-state index >= 15 is 0 Å². The highest BCUT2D eigenvalue weighted by molar-refractivity contribution is 6.01. The topological polar surface area (TPSA) is 93.1 Å². The predicted molar refractivity (Wildman–Crippen MR) is 52.1 cm³/mol. The summed E-state index contributed by atoms with van der Waals surface area (Å²) in [6.45, 7) is 3.48. The van der Waals surface area contributed by atoms with Crippen LogP contribution in [-0.4, -0.2) is 41.2 Å². The average molecular weight is 232 g/mol. The van der Waals surface area contributed by atoms with Crippen LogP contribution in [0.25, 0.3) is 0 Å². The molecule has 0 saturated heterocycles. The van der Waals surface area contributed by atoms with Gasteiger partial charge in [0.2, 0.25) is 0 Å². The van der Waals surface area contributed by atoms with Gasteiger partial charge >= 0.3 is 11.9 Å².